The molecule has 1 aromatic carbocycles. The van der Waals surface area contributed by atoms with Gasteiger partial charge in [0.15, 0.2) is 0 Å². The average Bonchev–Trinajstić information content (AvgIpc) is 3.02. The van der Waals surface area contributed by atoms with Gasteiger partial charge < -0.3 is 15.2 Å². The third kappa shape index (κ3) is 5.62. The van der Waals surface area contributed by atoms with E-state index in [1.807, 2.05) is 30.3 Å². The molecule has 0 aliphatic heterocycles. The number of unbranched alkanes of at least 4 members (excludes halogenated alkanes) is 2. The van der Waals surface area contributed by atoms with Gasteiger partial charge in [-0.05, 0) is 33.1 Å². The number of nitrogens with one attached hydrogen (secondary N) is 2. The molecular weight excluding hydrogens is 350 g/mol. The molecule has 2 rings (SSSR count). The number of hydrogen-bond acceptors (Lipinski definition) is 5. The van der Waals surface area contributed by atoms with E-state index in [0.717, 1.165) is 24.8 Å². The molecule has 2 aromatic rings. The molecule has 2 amide bonds. The van der Waals surface area contributed by atoms with Gasteiger partial charge in [0.05, 0.1) is 5.25 Å². The zero-order chi connectivity index (χ0) is 18.9. The lowest BCUT2D eigenvalue weighted by molar-refractivity contribution is -0.120. The van der Waals surface area contributed by atoms with Crippen molar-refractivity contribution in [1.82, 2.24) is 15.8 Å². The highest BCUT2D eigenvalue weighted by atomic mass is 32.1. The van der Waals surface area contributed by atoms with Gasteiger partial charge in [0, 0.05) is 18.7 Å². The number of carbonyl (C=O) groups excluding carboxylic acids is 2. The predicted octanol–water partition coefficient (Wildman–Crippen LogP) is 2.98. The number of aryl methyl sites for hydroxylation is 1. The van der Waals surface area contributed by atoms with Crippen LogP contribution in [-0.2, 0) is 4.79 Å². The molecule has 6 nitrogen and oxygen atoms in total. The first-order chi connectivity index (χ1) is 12.5. The lowest BCUT2D eigenvalue weighted by Crippen LogP contribution is -2.30. The second-order valence-corrected chi connectivity index (χ2v) is 6.89. The van der Waals surface area contributed by atoms with Gasteiger partial charge >= 0.3 is 0 Å². The van der Waals surface area contributed by atoms with Crippen molar-refractivity contribution in [2.75, 3.05) is 13.1 Å². The molecule has 0 spiro atoms. The van der Waals surface area contributed by atoms with E-state index in [-0.39, 0.29) is 17.1 Å². The highest BCUT2D eigenvalue weighted by molar-refractivity contribution is 7.81. The van der Waals surface area contributed by atoms with Crippen LogP contribution in [0, 0.1) is 6.92 Å². The Kier molecular flexibility index (Phi) is 7.72. The minimum Gasteiger partial charge on any atom is -0.360 e. The number of amides is 2. The van der Waals surface area contributed by atoms with Gasteiger partial charge in [-0.1, -0.05) is 35.5 Å². The van der Waals surface area contributed by atoms with Crippen LogP contribution in [0.1, 0.15) is 42.3 Å². The van der Waals surface area contributed by atoms with Crippen LogP contribution in [0.3, 0.4) is 0 Å². The zero-order valence-electron chi connectivity index (χ0n) is 15.1. The van der Waals surface area contributed by atoms with Crippen LogP contribution in [0.2, 0.25) is 0 Å². The summed E-state index contributed by atoms with van der Waals surface area (Å²) in [6, 6.07) is 9.50. The van der Waals surface area contributed by atoms with Crippen molar-refractivity contribution in [3.05, 3.63) is 41.7 Å². The first-order valence-corrected chi connectivity index (χ1v) is 9.28. The number of nitrogens with zero attached hydrogens (tertiary/aromatic N) is 1. The van der Waals surface area contributed by atoms with E-state index in [4.69, 9.17) is 4.52 Å². The lowest BCUT2D eigenvalue weighted by atomic mass is 10.1. The van der Waals surface area contributed by atoms with Crippen LogP contribution in [0.25, 0.3) is 11.3 Å². The quantitative estimate of drug-likeness (QED) is 0.465. The van der Waals surface area contributed by atoms with Gasteiger partial charge in [-0.3, -0.25) is 9.59 Å². The third-order valence-electron chi connectivity index (χ3n) is 3.95. The number of thiol groups is 1. The van der Waals surface area contributed by atoms with E-state index in [1.165, 1.54) is 0 Å². The number of hydrogen-bond donors (Lipinski definition) is 3. The third-order valence-corrected chi connectivity index (χ3v) is 4.19. The van der Waals surface area contributed by atoms with Crippen LogP contribution in [0.5, 0.6) is 0 Å². The maximum Gasteiger partial charge on any atom is 0.257 e. The summed E-state index contributed by atoms with van der Waals surface area (Å²) < 4.78 is 5.22. The van der Waals surface area contributed by atoms with E-state index < -0.39 is 0 Å². The van der Waals surface area contributed by atoms with Crippen molar-refractivity contribution in [2.24, 2.45) is 0 Å². The molecule has 2 N–H and O–H groups in total. The van der Waals surface area contributed by atoms with Gasteiger partial charge in [-0.15, -0.1) is 0 Å². The van der Waals surface area contributed by atoms with Crippen LogP contribution in [0.4, 0.5) is 0 Å². The molecule has 0 fully saturated rings. The van der Waals surface area contributed by atoms with Gasteiger partial charge in [0.1, 0.15) is 17.0 Å². The Morgan fingerprint density at radius 1 is 1.12 bits per heavy atom. The molecule has 26 heavy (non-hydrogen) atoms. The first kappa shape index (κ1) is 20.0. The fourth-order valence-corrected chi connectivity index (χ4v) is 2.60. The van der Waals surface area contributed by atoms with Crippen LogP contribution >= 0.6 is 12.6 Å². The minimum atomic E-state index is -0.292. The van der Waals surface area contributed by atoms with Gasteiger partial charge in [0.25, 0.3) is 5.91 Å². The Balaban J connectivity index is 1.77. The van der Waals surface area contributed by atoms with Gasteiger partial charge in [0.2, 0.25) is 5.91 Å². The summed E-state index contributed by atoms with van der Waals surface area (Å²) in [5.41, 5.74) is 1.89. The second-order valence-electron chi connectivity index (χ2n) is 6.11. The minimum absolute atomic E-state index is 0.0574. The summed E-state index contributed by atoms with van der Waals surface area (Å²) in [5.74, 6) is 0.266. The SMILES string of the molecule is Cc1onc(-c2ccccc2)c1C(=O)NCCCCCNC(=O)[C@@H](C)S. The molecule has 0 unspecified atom stereocenters. The highest BCUT2D eigenvalue weighted by Crippen LogP contribution is 2.24. The molecule has 1 atom stereocenters. The van der Waals surface area contributed by atoms with E-state index in [9.17, 15) is 9.59 Å². The normalized spacial score (nSPS) is 11.8. The molecule has 140 valence electrons. The van der Waals surface area contributed by atoms with Gasteiger partial charge in [-0.2, -0.15) is 12.6 Å². The topological polar surface area (TPSA) is 84.2 Å². The smallest absolute Gasteiger partial charge is 0.257 e. The monoisotopic (exact) mass is 375 g/mol. The summed E-state index contributed by atoms with van der Waals surface area (Å²) in [6.45, 7) is 4.67. The van der Waals surface area contributed by atoms with Crippen molar-refractivity contribution in [1.29, 1.82) is 0 Å². The molecule has 0 saturated heterocycles. The van der Waals surface area contributed by atoms with Crippen LogP contribution in [0.15, 0.2) is 34.9 Å². The van der Waals surface area contributed by atoms with E-state index in [1.54, 1.807) is 13.8 Å². The number of rotatable bonds is 9. The first-order valence-electron chi connectivity index (χ1n) is 8.76. The molecule has 0 aliphatic carbocycles. The van der Waals surface area contributed by atoms with Crippen molar-refractivity contribution in [3.8, 4) is 11.3 Å². The van der Waals surface area contributed by atoms with E-state index >= 15 is 0 Å². The lowest BCUT2D eigenvalue weighted by Gasteiger charge is -2.08. The number of aromatic nitrogens is 1. The molecule has 0 radical (unpaired) electrons. The molecular formula is C19H25N3O3S. The summed E-state index contributed by atoms with van der Waals surface area (Å²) in [4.78, 5) is 23.9. The van der Waals surface area contributed by atoms with Crippen molar-refractivity contribution in [3.63, 3.8) is 0 Å². The van der Waals surface area contributed by atoms with Crippen molar-refractivity contribution >= 4 is 24.4 Å². The molecule has 1 heterocycles. The Hall–Kier alpha value is -2.28. The number of carbonyl (C=O) groups is 2. The number of benzene rings is 1. The van der Waals surface area contributed by atoms with Crippen molar-refractivity contribution < 1.29 is 14.1 Å². The fourth-order valence-electron chi connectivity index (χ4n) is 2.51. The second kappa shape index (κ2) is 10.0. The largest absolute Gasteiger partial charge is 0.360 e. The predicted molar refractivity (Wildman–Crippen MR) is 104 cm³/mol. The maximum absolute atomic E-state index is 12.5. The average molecular weight is 375 g/mol. The molecule has 0 saturated carbocycles. The van der Waals surface area contributed by atoms with E-state index in [0.29, 0.717) is 30.1 Å². The summed E-state index contributed by atoms with van der Waals surface area (Å²) >= 11 is 4.07. The highest BCUT2D eigenvalue weighted by Gasteiger charge is 2.20. The Morgan fingerprint density at radius 3 is 2.42 bits per heavy atom. The zero-order valence-corrected chi connectivity index (χ0v) is 16.0. The standard InChI is InChI=1S/C19H25N3O3S/c1-13-16(17(22-25-13)15-9-5-3-6-10-15)19(24)21-12-8-4-7-11-20-18(23)14(2)26/h3,5-6,9-10,14,26H,4,7-8,11-12H2,1-2H3,(H,20,23)(H,21,24)/t14-/m1/s1. The van der Waals surface area contributed by atoms with Gasteiger partial charge in [-0.25, -0.2) is 0 Å². The molecule has 0 bridgehead atoms. The van der Waals surface area contributed by atoms with Crippen LogP contribution in [-0.4, -0.2) is 35.3 Å². The molecule has 0 aliphatic rings. The van der Waals surface area contributed by atoms with Crippen molar-refractivity contribution in [2.45, 2.75) is 38.4 Å². The molecule has 7 heteroatoms. The Morgan fingerprint density at radius 2 is 1.77 bits per heavy atom. The summed E-state index contributed by atoms with van der Waals surface area (Å²) in [7, 11) is 0. The van der Waals surface area contributed by atoms with E-state index in [2.05, 4.69) is 28.4 Å². The molecule has 1 aromatic heterocycles. The maximum atomic E-state index is 12.5. The fraction of sp³-hybridized carbons (Fsp3) is 0.421. The van der Waals surface area contributed by atoms with Crippen LogP contribution < -0.4 is 10.6 Å². The Bertz CT molecular complexity index is 729. The summed E-state index contributed by atoms with van der Waals surface area (Å²) in [6.07, 6.45) is 2.61. The summed E-state index contributed by atoms with van der Waals surface area (Å²) in [5, 5.41) is 9.46. The Labute approximate surface area is 159 Å².